The number of hydrogen-bond acceptors (Lipinski definition) is 6. The van der Waals surface area contributed by atoms with Crippen LogP contribution in [0.3, 0.4) is 0 Å². The number of aromatic nitrogens is 4. The van der Waals surface area contributed by atoms with Crippen molar-refractivity contribution >= 4 is 42.6 Å². The lowest BCUT2D eigenvalue weighted by Crippen LogP contribution is -2.14. The molecule has 0 fully saturated rings. The van der Waals surface area contributed by atoms with E-state index >= 15 is 0 Å². The molecule has 0 bridgehead atoms. The molecule has 0 spiro atoms. The van der Waals surface area contributed by atoms with Crippen molar-refractivity contribution in [3.8, 4) is 79.0 Å². The summed E-state index contributed by atoms with van der Waals surface area (Å²) in [6.45, 7) is 4.65. The van der Waals surface area contributed by atoms with E-state index in [0.717, 1.165) is 44.5 Å². The van der Waals surface area contributed by atoms with E-state index in [1.54, 1.807) is 0 Å². The number of oxazole rings is 1. The molecular formula is C55H36N4OS. The van der Waals surface area contributed by atoms with Crippen molar-refractivity contribution in [3.05, 3.63) is 193 Å². The Morgan fingerprint density at radius 3 is 1.56 bits per heavy atom. The smallest absolute Gasteiger partial charge is 0.227 e. The van der Waals surface area contributed by atoms with E-state index in [-0.39, 0.29) is 5.41 Å². The molecule has 0 atom stereocenters. The topological polar surface area (TPSA) is 64.7 Å². The highest BCUT2D eigenvalue weighted by atomic mass is 32.1. The monoisotopic (exact) mass is 800 g/mol. The molecule has 0 N–H and O–H groups in total. The molecule has 0 saturated carbocycles. The van der Waals surface area contributed by atoms with Crippen LogP contribution in [0.5, 0.6) is 0 Å². The average Bonchev–Trinajstić information content (AvgIpc) is 4.00. The van der Waals surface area contributed by atoms with Gasteiger partial charge in [-0.05, 0) is 69.3 Å². The van der Waals surface area contributed by atoms with E-state index in [1.807, 2.05) is 102 Å². The first-order valence-corrected chi connectivity index (χ1v) is 21.4. The number of benzene rings is 8. The normalized spacial score (nSPS) is 12.9. The zero-order valence-electron chi connectivity index (χ0n) is 33.4. The number of nitrogens with zero attached hydrogens (tertiary/aromatic N) is 4. The minimum atomic E-state index is -0.219. The SMILES string of the molecule is CC1(C)c2cc(-c3cccc4c3sc3c(-c5cccc(-c6nc(-c7ccccc7)nc(-c7ccccc7)n6)c5)cccc34)ccc2-c2c1ccc1nc(-c3ccccc3)oc21. The predicted molar refractivity (Wildman–Crippen MR) is 250 cm³/mol. The van der Waals surface area contributed by atoms with Crippen LogP contribution in [0, 0.1) is 0 Å². The van der Waals surface area contributed by atoms with Crippen molar-refractivity contribution in [2.75, 3.05) is 0 Å². The van der Waals surface area contributed by atoms with E-state index in [1.165, 1.54) is 53.6 Å². The summed E-state index contributed by atoms with van der Waals surface area (Å²) in [5, 5.41) is 2.51. The largest absolute Gasteiger partial charge is 0.435 e. The van der Waals surface area contributed by atoms with E-state index in [9.17, 15) is 0 Å². The van der Waals surface area contributed by atoms with Crippen LogP contribution >= 0.6 is 11.3 Å². The maximum Gasteiger partial charge on any atom is 0.227 e. The number of hydrogen-bond donors (Lipinski definition) is 0. The van der Waals surface area contributed by atoms with Crippen molar-refractivity contribution in [2.45, 2.75) is 19.3 Å². The molecule has 0 radical (unpaired) electrons. The molecular weight excluding hydrogens is 765 g/mol. The Balaban J connectivity index is 0.958. The summed E-state index contributed by atoms with van der Waals surface area (Å²) in [4.78, 5) is 19.9. The standard InChI is InChI=1S/C55H36N4OS/c1-55(2)44-29-30-46-48(60-54(56-46)35-19-10-5-11-20-35)47(44)43-28-27-37(32-45(43)55)40-24-14-26-42-41-25-13-23-39(49(41)61-50(40)42)36-21-12-22-38(31-36)53-58-51(33-15-6-3-7-16-33)57-52(59-53)34-17-8-4-9-18-34/h3-32H,1-2H3. The molecule has 3 aromatic heterocycles. The highest BCUT2D eigenvalue weighted by molar-refractivity contribution is 7.26. The molecule has 6 heteroatoms. The van der Waals surface area contributed by atoms with Gasteiger partial charge in [0.15, 0.2) is 23.1 Å². The van der Waals surface area contributed by atoms with Crippen LogP contribution in [0.15, 0.2) is 186 Å². The zero-order chi connectivity index (χ0) is 40.7. The van der Waals surface area contributed by atoms with Gasteiger partial charge in [-0.25, -0.2) is 19.9 Å². The quantitative estimate of drug-likeness (QED) is 0.168. The molecule has 288 valence electrons. The van der Waals surface area contributed by atoms with Crippen LogP contribution in [0.2, 0.25) is 0 Å². The Bertz CT molecular complexity index is 3440. The first-order valence-electron chi connectivity index (χ1n) is 20.5. The summed E-state index contributed by atoms with van der Waals surface area (Å²) < 4.78 is 9.09. The van der Waals surface area contributed by atoms with Gasteiger partial charge >= 0.3 is 0 Å². The third-order valence-electron chi connectivity index (χ3n) is 12.2. The van der Waals surface area contributed by atoms with E-state index in [0.29, 0.717) is 23.4 Å². The van der Waals surface area contributed by atoms with Crippen LogP contribution in [0.4, 0.5) is 0 Å². The van der Waals surface area contributed by atoms with Gasteiger partial charge in [-0.15, -0.1) is 11.3 Å². The molecule has 0 saturated heterocycles. The minimum absolute atomic E-state index is 0.219. The van der Waals surface area contributed by atoms with Gasteiger partial charge in [-0.3, -0.25) is 0 Å². The predicted octanol–water partition coefficient (Wildman–Crippen LogP) is 14.7. The lowest BCUT2D eigenvalue weighted by molar-refractivity contribution is 0.618. The Kier molecular flexibility index (Phi) is 7.99. The van der Waals surface area contributed by atoms with Gasteiger partial charge in [0.05, 0.1) is 0 Å². The zero-order valence-corrected chi connectivity index (χ0v) is 34.2. The van der Waals surface area contributed by atoms with Gasteiger partial charge in [0, 0.05) is 53.4 Å². The van der Waals surface area contributed by atoms with Crippen LogP contribution < -0.4 is 0 Å². The van der Waals surface area contributed by atoms with Crippen LogP contribution in [0.1, 0.15) is 25.0 Å². The summed E-state index contributed by atoms with van der Waals surface area (Å²) >= 11 is 1.86. The van der Waals surface area contributed by atoms with E-state index < -0.39 is 0 Å². The molecule has 11 aromatic rings. The lowest BCUT2D eigenvalue weighted by Gasteiger charge is -2.22. The van der Waals surface area contributed by atoms with Gasteiger partial charge in [0.1, 0.15) is 5.52 Å². The second kappa shape index (κ2) is 13.8. The van der Waals surface area contributed by atoms with Crippen molar-refractivity contribution in [2.24, 2.45) is 0 Å². The fourth-order valence-electron chi connectivity index (χ4n) is 9.11. The summed E-state index contributed by atoms with van der Waals surface area (Å²) in [6, 6.07) is 63.7. The molecule has 61 heavy (non-hydrogen) atoms. The van der Waals surface area contributed by atoms with Crippen LogP contribution in [-0.2, 0) is 5.41 Å². The van der Waals surface area contributed by atoms with Crippen molar-refractivity contribution < 1.29 is 4.42 Å². The van der Waals surface area contributed by atoms with E-state index in [2.05, 4.69) is 105 Å². The summed E-state index contributed by atoms with van der Waals surface area (Å²) in [5.41, 5.74) is 15.0. The average molecular weight is 801 g/mol. The van der Waals surface area contributed by atoms with Gasteiger partial charge < -0.3 is 4.42 Å². The highest BCUT2D eigenvalue weighted by Crippen LogP contribution is 2.53. The second-order valence-corrected chi connectivity index (χ2v) is 17.2. The summed E-state index contributed by atoms with van der Waals surface area (Å²) in [5.74, 6) is 2.59. The Hall–Kier alpha value is -7.54. The van der Waals surface area contributed by atoms with E-state index in [4.69, 9.17) is 24.4 Å². The summed E-state index contributed by atoms with van der Waals surface area (Å²) in [6.07, 6.45) is 0. The van der Waals surface area contributed by atoms with Crippen LogP contribution in [-0.4, -0.2) is 19.9 Å². The maximum atomic E-state index is 6.56. The third-order valence-corrected chi connectivity index (χ3v) is 13.5. The Labute approximate surface area is 356 Å². The molecule has 12 rings (SSSR count). The molecule has 0 amide bonds. The van der Waals surface area contributed by atoms with Gasteiger partial charge in [0.25, 0.3) is 0 Å². The number of rotatable bonds is 6. The van der Waals surface area contributed by atoms with Gasteiger partial charge in [0.2, 0.25) is 5.89 Å². The molecule has 8 aromatic carbocycles. The minimum Gasteiger partial charge on any atom is -0.435 e. The molecule has 0 unspecified atom stereocenters. The van der Waals surface area contributed by atoms with Crippen LogP contribution in [0.25, 0.3) is 110 Å². The summed E-state index contributed by atoms with van der Waals surface area (Å²) in [7, 11) is 0. The first kappa shape index (κ1) is 35.4. The number of thiophene rings is 1. The molecule has 1 aliphatic rings. The maximum absolute atomic E-state index is 6.56. The second-order valence-electron chi connectivity index (χ2n) is 16.2. The van der Waals surface area contributed by atoms with Crippen molar-refractivity contribution in [1.29, 1.82) is 0 Å². The number of fused-ring (bicyclic) bond motifs is 8. The molecule has 3 heterocycles. The first-order chi connectivity index (χ1) is 30.0. The van der Waals surface area contributed by atoms with Gasteiger partial charge in [-0.1, -0.05) is 166 Å². The molecule has 0 aliphatic heterocycles. The lowest BCUT2D eigenvalue weighted by atomic mass is 9.81. The van der Waals surface area contributed by atoms with Crippen molar-refractivity contribution in [1.82, 2.24) is 19.9 Å². The van der Waals surface area contributed by atoms with Gasteiger partial charge in [-0.2, -0.15) is 0 Å². The fourth-order valence-corrected chi connectivity index (χ4v) is 10.5. The molecule has 1 aliphatic carbocycles. The Morgan fingerprint density at radius 2 is 0.934 bits per heavy atom. The Morgan fingerprint density at radius 1 is 0.410 bits per heavy atom. The van der Waals surface area contributed by atoms with Crippen molar-refractivity contribution in [3.63, 3.8) is 0 Å². The fraction of sp³-hybridized carbons (Fsp3) is 0.0545. The third kappa shape index (κ3) is 5.75. The highest BCUT2D eigenvalue weighted by Gasteiger charge is 2.38. The molecule has 5 nitrogen and oxygen atoms in total.